The Morgan fingerprint density at radius 2 is 1.76 bits per heavy atom. The number of ketones is 1. The first-order valence-electron chi connectivity index (χ1n) is 9.99. The molecular formula is C25H19NO7. The van der Waals surface area contributed by atoms with Crippen molar-refractivity contribution in [1.29, 1.82) is 0 Å². The van der Waals surface area contributed by atoms with Crippen LogP contribution in [0.4, 0.5) is 5.69 Å². The van der Waals surface area contributed by atoms with Crippen LogP contribution in [0.15, 0.2) is 66.4 Å². The number of non-ortho nitro benzene ring substituents is 1. The zero-order valence-electron chi connectivity index (χ0n) is 17.9. The second kappa shape index (κ2) is 8.96. The number of methoxy groups -OCH3 is 1. The number of hydrogen-bond donors (Lipinski definition) is 0. The lowest BCUT2D eigenvalue weighted by atomic mass is 10.1. The molecule has 33 heavy (non-hydrogen) atoms. The Bertz CT molecular complexity index is 1280. The summed E-state index contributed by atoms with van der Waals surface area (Å²) in [6.45, 7) is 2.07. The molecule has 3 aromatic carbocycles. The Morgan fingerprint density at radius 3 is 2.39 bits per heavy atom. The van der Waals surface area contributed by atoms with Gasteiger partial charge in [0.25, 0.3) is 5.69 Å². The number of allylic oxidation sites excluding steroid dienone is 1. The number of ether oxygens (including phenoxy) is 3. The van der Waals surface area contributed by atoms with Crippen LogP contribution in [0.25, 0.3) is 6.08 Å². The summed E-state index contributed by atoms with van der Waals surface area (Å²) in [5, 5.41) is 10.8. The predicted octanol–water partition coefficient (Wildman–Crippen LogP) is 4.89. The predicted molar refractivity (Wildman–Crippen MR) is 119 cm³/mol. The fourth-order valence-electron chi connectivity index (χ4n) is 3.38. The quantitative estimate of drug-likeness (QED) is 0.230. The number of nitrogens with zero attached hydrogens (tertiary/aromatic N) is 1. The number of rotatable bonds is 6. The van der Waals surface area contributed by atoms with Gasteiger partial charge >= 0.3 is 5.97 Å². The average molecular weight is 445 g/mol. The molecule has 3 aromatic rings. The van der Waals surface area contributed by atoms with E-state index < -0.39 is 10.9 Å². The first kappa shape index (κ1) is 21.8. The minimum atomic E-state index is -0.484. The van der Waals surface area contributed by atoms with E-state index in [9.17, 15) is 19.7 Å². The number of carbonyl (C=O) groups is 2. The minimum absolute atomic E-state index is 0.0309. The number of benzene rings is 3. The lowest BCUT2D eigenvalue weighted by molar-refractivity contribution is -0.384. The normalized spacial score (nSPS) is 13.4. The molecule has 0 aliphatic carbocycles. The van der Waals surface area contributed by atoms with Crippen molar-refractivity contribution in [3.05, 3.63) is 104 Å². The summed E-state index contributed by atoms with van der Waals surface area (Å²) in [6.07, 6.45) is 1.55. The van der Waals surface area contributed by atoms with Crippen molar-refractivity contribution in [2.45, 2.75) is 13.5 Å². The maximum Gasteiger partial charge on any atom is 0.337 e. The fraction of sp³-hybridized carbons (Fsp3) is 0.120. The van der Waals surface area contributed by atoms with Gasteiger partial charge in [-0.3, -0.25) is 14.9 Å². The van der Waals surface area contributed by atoms with Gasteiger partial charge in [0.1, 0.15) is 18.1 Å². The second-order valence-corrected chi connectivity index (χ2v) is 7.33. The molecule has 8 nitrogen and oxygen atoms in total. The van der Waals surface area contributed by atoms with Crippen LogP contribution in [0.2, 0.25) is 0 Å². The van der Waals surface area contributed by atoms with Crippen molar-refractivity contribution in [2.75, 3.05) is 7.11 Å². The number of fused-ring (bicyclic) bond motifs is 1. The minimum Gasteiger partial charge on any atom is -0.488 e. The van der Waals surface area contributed by atoms with Crippen molar-refractivity contribution in [3.63, 3.8) is 0 Å². The van der Waals surface area contributed by atoms with E-state index in [2.05, 4.69) is 0 Å². The number of nitro groups is 1. The third kappa shape index (κ3) is 4.45. The second-order valence-electron chi connectivity index (χ2n) is 7.33. The summed E-state index contributed by atoms with van der Waals surface area (Å²) >= 11 is 0. The molecule has 8 heteroatoms. The van der Waals surface area contributed by atoms with Crippen LogP contribution >= 0.6 is 0 Å². The van der Waals surface area contributed by atoms with E-state index in [1.54, 1.807) is 61.5 Å². The highest BCUT2D eigenvalue weighted by atomic mass is 16.6. The smallest absolute Gasteiger partial charge is 0.337 e. The SMILES string of the molecule is COC(=O)c1ccc(COc2ccc3c(c2C)O/C(=C\c2ccc([N+](=O)[O-])cc2)C3=O)cc1. The summed E-state index contributed by atoms with van der Waals surface area (Å²) in [5.74, 6) is 0.451. The first-order chi connectivity index (χ1) is 15.9. The lowest BCUT2D eigenvalue weighted by Gasteiger charge is -2.12. The molecule has 0 unspecified atom stereocenters. The summed E-state index contributed by atoms with van der Waals surface area (Å²) in [7, 11) is 1.33. The van der Waals surface area contributed by atoms with Gasteiger partial charge in [-0.05, 0) is 60.5 Å². The number of esters is 1. The maximum absolute atomic E-state index is 12.8. The molecule has 4 rings (SSSR count). The number of hydrogen-bond acceptors (Lipinski definition) is 7. The number of nitro benzene ring substituents is 1. The summed E-state index contributed by atoms with van der Waals surface area (Å²) in [5.41, 5.74) is 3.00. The Kier molecular flexibility index (Phi) is 5.91. The molecule has 0 saturated heterocycles. The standard InChI is InChI=1S/C25H19NO7/c1-15-21(32-14-17-3-7-18(8-4-17)25(28)31-2)12-11-20-23(27)22(33-24(15)20)13-16-5-9-19(10-6-16)26(29)30/h3-13H,14H2,1-2H3/b22-13-. The van der Waals surface area contributed by atoms with E-state index in [-0.39, 0.29) is 23.8 Å². The molecular weight excluding hydrogens is 426 g/mol. The highest BCUT2D eigenvalue weighted by molar-refractivity contribution is 6.15. The van der Waals surface area contributed by atoms with Crippen molar-refractivity contribution in [1.82, 2.24) is 0 Å². The van der Waals surface area contributed by atoms with Gasteiger partial charge in [0, 0.05) is 17.7 Å². The third-order valence-electron chi connectivity index (χ3n) is 5.21. The summed E-state index contributed by atoms with van der Waals surface area (Å²) in [6, 6.07) is 16.1. The Morgan fingerprint density at radius 1 is 1.06 bits per heavy atom. The molecule has 1 aliphatic rings. The van der Waals surface area contributed by atoms with E-state index in [0.717, 1.165) is 5.56 Å². The van der Waals surface area contributed by atoms with Gasteiger partial charge in [0.05, 0.1) is 23.2 Å². The molecule has 0 saturated carbocycles. The number of carbonyl (C=O) groups excluding carboxylic acids is 2. The average Bonchev–Trinajstić information content (AvgIpc) is 3.14. The number of Topliss-reactive ketones (excluding diaryl/α,β-unsaturated/α-hetero) is 1. The van der Waals surface area contributed by atoms with Gasteiger partial charge in [-0.2, -0.15) is 0 Å². The van der Waals surface area contributed by atoms with Gasteiger partial charge in [-0.1, -0.05) is 12.1 Å². The van der Waals surface area contributed by atoms with E-state index in [1.165, 1.54) is 19.2 Å². The van der Waals surface area contributed by atoms with Gasteiger partial charge in [-0.15, -0.1) is 0 Å². The largest absolute Gasteiger partial charge is 0.488 e. The first-order valence-corrected chi connectivity index (χ1v) is 9.99. The van der Waals surface area contributed by atoms with Crippen LogP contribution in [0, 0.1) is 17.0 Å². The molecule has 0 atom stereocenters. The van der Waals surface area contributed by atoms with Crippen molar-refractivity contribution in [3.8, 4) is 11.5 Å². The molecule has 0 N–H and O–H groups in total. The molecule has 1 aliphatic heterocycles. The van der Waals surface area contributed by atoms with Crippen LogP contribution in [0.3, 0.4) is 0 Å². The molecule has 0 fully saturated rings. The fourth-order valence-corrected chi connectivity index (χ4v) is 3.38. The monoisotopic (exact) mass is 445 g/mol. The Hall–Kier alpha value is -4.46. The van der Waals surface area contributed by atoms with Crippen LogP contribution in [0.1, 0.15) is 37.4 Å². The van der Waals surface area contributed by atoms with Crippen molar-refractivity contribution >= 4 is 23.5 Å². The zero-order valence-corrected chi connectivity index (χ0v) is 17.9. The molecule has 0 aromatic heterocycles. The van der Waals surface area contributed by atoms with Gasteiger partial charge in [0.15, 0.2) is 5.76 Å². The van der Waals surface area contributed by atoms with Crippen LogP contribution in [-0.2, 0) is 11.3 Å². The van der Waals surface area contributed by atoms with Gasteiger partial charge in [0.2, 0.25) is 5.78 Å². The Balaban J connectivity index is 1.49. The molecule has 0 radical (unpaired) electrons. The summed E-state index contributed by atoms with van der Waals surface area (Å²) < 4.78 is 16.4. The van der Waals surface area contributed by atoms with E-state index in [4.69, 9.17) is 14.2 Å². The van der Waals surface area contributed by atoms with Gasteiger partial charge < -0.3 is 14.2 Å². The van der Waals surface area contributed by atoms with E-state index in [1.807, 2.05) is 0 Å². The molecule has 166 valence electrons. The summed E-state index contributed by atoms with van der Waals surface area (Å²) in [4.78, 5) is 34.6. The van der Waals surface area contributed by atoms with Crippen molar-refractivity contribution in [2.24, 2.45) is 0 Å². The zero-order chi connectivity index (χ0) is 23.5. The third-order valence-corrected chi connectivity index (χ3v) is 5.21. The van der Waals surface area contributed by atoms with Crippen molar-refractivity contribution < 1.29 is 28.7 Å². The lowest BCUT2D eigenvalue weighted by Crippen LogP contribution is -2.02. The highest BCUT2D eigenvalue weighted by Gasteiger charge is 2.30. The van der Waals surface area contributed by atoms with E-state index >= 15 is 0 Å². The van der Waals surface area contributed by atoms with Gasteiger partial charge in [-0.25, -0.2) is 4.79 Å². The highest BCUT2D eigenvalue weighted by Crippen LogP contribution is 2.39. The van der Waals surface area contributed by atoms with Crippen LogP contribution in [-0.4, -0.2) is 23.8 Å². The van der Waals surface area contributed by atoms with Crippen LogP contribution in [0.5, 0.6) is 11.5 Å². The molecule has 0 spiro atoms. The molecule has 0 bridgehead atoms. The topological polar surface area (TPSA) is 105 Å². The van der Waals surface area contributed by atoms with Crippen LogP contribution < -0.4 is 9.47 Å². The Labute approximate surface area is 189 Å². The maximum atomic E-state index is 12.8. The van der Waals surface area contributed by atoms with E-state index in [0.29, 0.717) is 33.8 Å². The molecule has 0 amide bonds. The molecule has 1 heterocycles.